The lowest BCUT2D eigenvalue weighted by molar-refractivity contribution is -0.120. The Bertz CT molecular complexity index is 983. The second-order valence-corrected chi connectivity index (χ2v) is 9.78. The number of nitrogens with one attached hydrogen (secondary N) is 1. The van der Waals surface area contributed by atoms with E-state index in [1.165, 1.54) is 21.9 Å². The third kappa shape index (κ3) is 3.84. The molecule has 0 aromatic heterocycles. The fraction of sp³-hybridized carbons (Fsp3) is 0.409. The van der Waals surface area contributed by atoms with E-state index in [0.29, 0.717) is 19.4 Å². The van der Waals surface area contributed by atoms with Crippen molar-refractivity contribution in [3.63, 3.8) is 0 Å². The standard InChI is InChI=1S/C22H26N2O3S/c1-16-7-11-21(12-8-16)28(26,27)24-13-3-6-19(15-24)22(25)23-20-10-9-17-4-2-5-18(17)14-20/h7-12,14,19H,2-6,13,15H2,1H3,(H,23,25). The Labute approximate surface area is 166 Å². The molecule has 0 radical (unpaired) electrons. The summed E-state index contributed by atoms with van der Waals surface area (Å²) in [5.74, 6) is -0.427. The summed E-state index contributed by atoms with van der Waals surface area (Å²) in [4.78, 5) is 13.1. The summed E-state index contributed by atoms with van der Waals surface area (Å²) < 4.78 is 27.3. The van der Waals surface area contributed by atoms with E-state index >= 15 is 0 Å². The monoisotopic (exact) mass is 398 g/mol. The third-order valence-corrected chi connectivity index (χ3v) is 7.66. The summed E-state index contributed by atoms with van der Waals surface area (Å²) in [6, 6.07) is 13.0. The zero-order valence-corrected chi connectivity index (χ0v) is 17.0. The van der Waals surface area contributed by atoms with Gasteiger partial charge in [0.1, 0.15) is 0 Å². The maximum atomic E-state index is 12.9. The number of aryl methyl sites for hydroxylation is 3. The second-order valence-electron chi connectivity index (χ2n) is 7.84. The summed E-state index contributed by atoms with van der Waals surface area (Å²) >= 11 is 0. The van der Waals surface area contributed by atoms with Gasteiger partial charge in [-0.05, 0) is 74.4 Å². The van der Waals surface area contributed by atoms with Gasteiger partial charge in [-0.15, -0.1) is 0 Å². The lowest BCUT2D eigenvalue weighted by Gasteiger charge is -2.31. The largest absolute Gasteiger partial charge is 0.326 e. The predicted octanol–water partition coefficient (Wildman–Crippen LogP) is 3.52. The van der Waals surface area contributed by atoms with Crippen LogP contribution in [-0.4, -0.2) is 31.7 Å². The van der Waals surface area contributed by atoms with Crippen molar-refractivity contribution < 1.29 is 13.2 Å². The van der Waals surface area contributed by atoms with Crippen LogP contribution in [0.25, 0.3) is 0 Å². The van der Waals surface area contributed by atoms with Gasteiger partial charge in [0.05, 0.1) is 10.8 Å². The van der Waals surface area contributed by atoms with Crippen molar-refractivity contribution in [3.8, 4) is 0 Å². The summed E-state index contributed by atoms with van der Waals surface area (Å²) in [7, 11) is -3.57. The molecule has 1 unspecified atom stereocenters. The van der Waals surface area contributed by atoms with Crippen molar-refractivity contribution in [3.05, 3.63) is 59.2 Å². The van der Waals surface area contributed by atoms with Crippen molar-refractivity contribution in [2.45, 2.75) is 43.9 Å². The highest BCUT2D eigenvalue weighted by molar-refractivity contribution is 7.89. The molecule has 1 N–H and O–H groups in total. The number of rotatable bonds is 4. The van der Waals surface area contributed by atoms with Crippen LogP contribution < -0.4 is 5.32 Å². The van der Waals surface area contributed by atoms with E-state index in [4.69, 9.17) is 0 Å². The zero-order chi connectivity index (χ0) is 19.7. The smallest absolute Gasteiger partial charge is 0.243 e. The first-order chi connectivity index (χ1) is 13.4. The van der Waals surface area contributed by atoms with Crippen LogP contribution in [0.3, 0.4) is 0 Å². The highest BCUT2D eigenvalue weighted by atomic mass is 32.2. The van der Waals surface area contributed by atoms with Gasteiger partial charge in [0.15, 0.2) is 0 Å². The molecule has 2 aromatic carbocycles. The molecular weight excluding hydrogens is 372 g/mol. The first kappa shape index (κ1) is 19.2. The quantitative estimate of drug-likeness (QED) is 0.857. The van der Waals surface area contributed by atoms with Gasteiger partial charge < -0.3 is 5.32 Å². The molecule has 1 aliphatic heterocycles. The topological polar surface area (TPSA) is 66.5 Å². The number of anilines is 1. The molecule has 5 nitrogen and oxygen atoms in total. The van der Waals surface area contributed by atoms with Gasteiger partial charge >= 0.3 is 0 Å². The number of carbonyl (C=O) groups excluding carboxylic acids is 1. The molecule has 6 heteroatoms. The van der Waals surface area contributed by atoms with E-state index in [-0.39, 0.29) is 23.3 Å². The molecule has 4 rings (SSSR count). The minimum atomic E-state index is -3.57. The van der Waals surface area contributed by atoms with E-state index in [9.17, 15) is 13.2 Å². The minimum Gasteiger partial charge on any atom is -0.326 e. The number of sulfonamides is 1. The van der Waals surface area contributed by atoms with Crippen LogP contribution in [0.5, 0.6) is 0 Å². The molecule has 0 spiro atoms. The molecule has 1 amide bonds. The zero-order valence-electron chi connectivity index (χ0n) is 16.1. The van der Waals surface area contributed by atoms with Crippen molar-refractivity contribution in [1.82, 2.24) is 4.31 Å². The Hall–Kier alpha value is -2.18. The number of hydrogen-bond donors (Lipinski definition) is 1. The lowest BCUT2D eigenvalue weighted by Crippen LogP contribution is -2.43. The van der Waals surface area contributed by atoms with E-state index in [0.717, 1.165) is 24.1 Å². The van der Waals surface area contributed by atoms with E-state index in [2.05, 4.69) is 17.4 Å². The van der Waals surface area contributed by atoms with Crippen molar-refractivity contribution in [1.29, 1.82) is 0 Å². The molecule has 0 bridgehead atoms. The van der Waals surface area contributed by atoms with Crippen LogP contribution in [-0.2, 0) is 27.7 Å². The lowest BCUT2D eigenvalue weighted by atomic mass is 9.98. The van der Waals surface area contributed by atoms with Gasteiger partial charge in [0.2, 0.25) is 15.9 Å². The summed E-state index contributed by atoms with van der Waals surface area (Å²) in [6.45, 7) is 2.61. The number of carbonyl (C=O) groups is 1. The fourth-order valence-corrected chi connectivity index (χ4v) is 5.65. The van der Waals surface area contributed by atoms with Crippen LogP contribution in [0.1, 0.15) is 36.0 Å². The van der Waals surface area contributed by atoms with Crippen LogP contribution in [0.15, 0.2) is 47.4 Å². The van der Waals surface area contributed by atoms with Crippen molar-refractivity contribution in [2.24, 2.45) is 5.92 Å². The van der Waals surface area contributed by atoms with Crippen LogP contribution in [0.4, 0.5) is 5.69 Å². The molecule has 0 saturated carbocycles. The van der Waals surface area contributed by atoms with Gasteiger partial charge in [-0.1, -0.05) is 23.8 Å². The molecule has 148 valence electrons. The summed E-state index contributed by atoms with van der Waals surface area (Å²) in [6.07, 6.45) is 4.73. The summed E-state index contributed by atoms with van der Waals surface area (Å²) in [5.41, 5.74) is 4.50. The third-order valence-electron chi connectivity index (χ3n) is 5.78. The molecule has 1 saturated heterocycles. The Morgan fingerprint density at radius 2 is 1.79 bits per heavy atom. The first-order valence-electron chi connectivity index (χ1n) is 9.93. The first-order valence-corrected chi connectivity index (χ1v) is 11.4. The van der Waals surface area contributed by atoms with E-state index < -0.39 is 10.0 Å². The van der Waals surface area contributed by atoms with Gasteiger partial charge in [-0.25, -0.2) is 8.42 Å². The maximum Gasteiger partial charge on any atom is 0.243 e. The number of fused-ring (bicyclic) bond motifs is 1. The fourth-order valence-electron chi connectivity index (χ4n) is 4.13. The number of nitrogens with zero attached hydrogens (tertiary/aromatic N) is 1. The van der Waals surface area contributed by atoms with Gasteiger partial charge in [0, 0.05) is 18.8 Å². The summed E-state index contributed by atoms with van der Waals surface area (Å²) in [5, 5.41) is 3.00. The van der Waals surface area contributed by atoms with E-state index in [1.54, 1.807) is 24.3 Å². The number of piperidine rings is 1. The SMILES string of the molecule is Cc1ccc(S(=O)(=O)N2CCCC(C(=O)Nc3ccc4c(c3)CCC4)C2)cc1. The van der Waals surface area contributed by atoms with Crippen molar-refractivity contribution >= 4 is 21.6 Å². The van der Waals surface area contributed by atoms with E-state index in [1.807, 2.05) is 13.0 Å². The maximum absolute atomic E-state index is 12.9. The van der Waals surface area contributed by atoms with Crippen LogP contribution >= 0.6 is 0 Å². The molecule has 2 aromatic rings. The Kier molecular flexibility index (Phi) is 5.25. The Morgan fingerprint density at radius 3 is 2.57 bits per heavy atom. The molecule has 1 atom stereocenters. The highest BCUT2D eigenvalue weighted by Gasteiger charge is 2.33. The highest BCUT2D eigenvalue weighted by Crippen LogP contribution is 2.27. The molecular formula is C22H26N2O3S. The molecule has 1 heterocycles. The molecule has 2 aliphatic rings. The number of amides is 1. The van der Waals surface area contributed by atoms with Gasteiger partial charge in [-0.3, -0.25) is 4.79 Å². The number of benzene rings is 2. The van der Waals surface area contributed by atoms with Gasteiger partial charge in [-0.2, -0.15) is 4.31 Å². The molecule has 28 heavy (non-hydrogen) atoms. The Balaban J connectivity index is 1.45. The second kappa shape index (κ2) is 7.68. The average Bonchev–Trinajstić information content (AvgIpc) is 3.16. The van der Waals surface area contributed by atoms with Gasteiger partial charge in [0.25, 0.3) is 0 Å². The van der Waals surface area contributed by atoms with Crippen molar-refractivity contribution in [2.75, 3.05) is 18.4 Å². The molecule has 1 aliphatic carbocycles. The van der Waals surface area contributed by atoms with Crippen LogP contribution in [0.2, 0.25) is 0 Å². The van der Waals surface area contributed by atoms with Crippen LogP contribution in [0, 0.1) is 12.8 Å². The minimum absolute atomic E-state index is 0.0956. The molecule has 1 fully saturated rings. The average molecular weight is 399 g/mol. The number of hydrogen-bond acceptors (Lipinski definition) is 3. The normalized spacial score (nSPS) is 20.0. The Morgan fingerprint density at radius 1 is 1.04 bits per heavy atom. The predicted molar refractivity (Wildman–Crippen MR) is 110 cm³/mol.